The van der Waals surface area contributed by atoms with Crippen LogP contribution in [0.3, 0.4) is 0 Å². The third kappa shape index (κ3) is 4.04. The summed E-state index contributed by atoms with van der Waals surface area (Å²) in [5.41, 5.74) is 0.502. The van der Waals surface area contributed by atoms with Crippen LogP contribution in [0.5, 0.6) is 0 Å². The van der Waals surface area contributed by atoms with Gasteiger partial charge in [0.15, 0.2) is 0 Å². The van der Waals surface area contributed by atoms with E-state index >= 15 is 0 Å². The number of hydrogen-bond acceptors (Lipinski definition) is 2. The van der Waals surface area contributed by atoms with Gasteiger partial charge in [-0.25, -0.2) is 0 Å². The summed E-state index contributed by atoms with van der Waals surface area (Å²) in [7, 11) is 0. The minimum absolute atomic E-state index is 0.137. The second kappa shape index (κ2) is 6.30. The fraction of sp³-hybridized carbons (Fsp3) is 0.667. The summed E-state index contributed by atoms with van der Waals surface area (Å²) < 4.78 is 0. The summed E-state index contributed by atoms with van der Waals surface area (Å²) in [6.07, 6.45) is 3.84. The Hall–Kier alpha value is -1.32. The van der Waals surface area contributed by atoms with Crippen LogP contribution < -0.4 is 5.32 Å². The van der Waals surface area contributed by atoms with Gasteiger partial charge in [0.25, 0.3) is 0 Å². The number of likely N-dealkylation sites (tertiary alicyclic amines) is 1. The molecule has 0 aromatic rings. The van der Waals surface area contributed by atoms with Crippen molar-refractivity contribution in [3.63, 3.8) is 0 Å². The lowest BCUT2D eigenvalue weighted by molar-refractivity contribution is -0.131. The lowest BCUT2D eigenvalue weighted by Crippen LogP contribution is -2.38. The summed E-state index contributed by atoms with van der Waals surface area (Å²) in [5, 5.41) is 2.74. The molecule has 1 rings (SSSR count). The summed E-state index contributed by atoms with van der Waals surface area (Å²) in [6.45, 7) is 7.17. The van der Waals surface area contributed by atoms with Crippen LogP contribution in [0.25, 0.3) is 0 Å². The van der Waals surface area contributed by atoms with Gasteiger partial charge in [0.1, 0.15) is 0 Å². The molecule has 4 nitrogen and oxygen atoms in total. The first-order valence-electron chi connectivity index (χ1n) is 5.82. The highest BCUT2D eigenvalue weighted by molar-refractivity contribution is 5.92. The van der Waals surface area contributed by atoms with Crippen LogP contribution >= 0.6 is 0 Å². The van der Waals surface area contributed by atoms with E-state index in [9.17, 15) is 9.59 Å². The number of nitrogens with zero attached hydrogens (tertiary/aromatic N) is 1. The SMILES string of the molecule is C=C(C)C(=O)NCCN1CCCCCC1=O. The first-order chi connectivity index (χ1) is 7.61. The van der Waals surface area contributed by atoms with E-state index < -0.39 is 0 Å². The van der Waals surface area contributed by atoms with Gasteiger partial charge in [-0.2, -0.15) is 0 Å². The molecule has 0 bridgehead atoms. The summed E-state index contributed by atoms with van der Waals surface area (Å²) in [6, 6.07) is 0. The quantitative estimate of drug-likeness (QED) is 0.726. The minimum atomic E-state index is -0.137. The minimum Gasteiger partial charge on any atom is -0.351 e. The molecule has 1 heterocycles. The Morgan fingerprint density at radius 2 is 2.19 bits per heavy atom. The number of carbonyl (C=O) groups excluding carboxylic acids is 2. The maximum absolute atomic E-state index is 11.6. The summed E-state index contributed by atoms with van der Waals surface area (Å²) in [4.78, 5) is 24.7. The van der Waals surface area contributed by atoms with Gasteiger partial charge in [-0.1, -0.05) is 13.0 Å². The number of hydrogen-bond donors (Lipinski definition) is 1. The Bertz CT molecular complexity index is 287. The Labute approximate surface area is 96.7 Å². The van der Waals surface area contributed by atoms with Gasteiger partial charge in [0.05, 0.1) is 0 Å². The van der Waals surface area contributed by atoms with E-state index in [1.165, 1.54) is 0 Å². The largest absolute Gasteiger partial charge is 0.351 e. The zero-order valence-electron chi connectivity index (χ0n) is 9.92. The molecule has 0 radical (unpaired) electrons. The van der Waals surface area contributed by atoms with Crippen molar-refractivity contribution >= 4 is 11.8 Å². The van der Waals surface area contributed by atoms with Crippen molar-refractivity contribution in [2.45, 2.75) is 32.6 Å². The fourth-order valence-electron chi connectivity index (χ4n) is 1.73. The Morgan fingerprint density at radius 1 is 1.44 bits per heavy atom. The van der Waals surface area contributed by atoms with E-state index in [0.29, 0.717) is 25.1 Å². The highest BCUT2D eigenvalue weighted by Gasteiger charge is 2.15. The molecule has 1 fully saturated rings. The van der Waals surface area contributed by atoms with Gasteiger partial charge in [-0.05, 0) is 19.8 Å². The Balaban J connectivity index is 2.28. The summed E-state index contributed by atoms with van der Waals surface area (Å²) in [5.74, 6) is 0.0735. The maximum atomic E-state index is 11.6. The van der Waals surface area contributed by atoms with Crippen molar-refractivity contribution in [2.24, 2.45) is 0 Å². The summed E-state index contributed by atoms with van der Waals surface area (Å²) >= 11 is 0. The van der Waals surface area contributed by atoms with Crippen molar-refractivity contribution in [2.75, 3.05) is 19.6 Å². The van der Waals surface area contributed by atoms with Crippen LogP contribution in [0.4, 0.5) is 0 Å². The van der Waals surface area contributed by atoms with Gasteiger partial charge in [-0.15, -0.1) is 0 Å². The molecule has 1 N–H and O–H groups in total. The molecule has 90 valence electrons. The van der Waals surface area contributed by atoms with Crippen molar-refractivity contribution in [3.8, 4) is 0 Å². The average molecular weight is 224 g/mol. The van der Waals surface area contributed by atoms with Crippen molar-refractivity contribution in [3.05, 3.63) is 12.2 Å². The molecular weight excluding hydrogens is 204 g/mol. The molecule has 0 spiro atoms. The van der Waals surface area contributed by atoms with E-state index in [0.717, 1.165) is 25.8 Å². The molecule has 1 aliphatic heterocycles. The van der Waals surface area contributed by atoms with Gasteiger partial charge >= 0.3 is 0 Å². The number of carbonyl (C=O) groups is 2. The third-order valence-corrected chi connectivity index (χ3v) is 2.73. The lowest BCUT2D eigenvalue weighted by atomic mass is 10.2. The Kier molecular flexibility index (Phi) is 5.02. The third-order valence-electron chi connectivity index (χ3n) is 2.73. The number of rotatable bonds is 4. The zero-order chi connectivity index (χ0) is 12.0. The molecular formula is C12H20N2O2. The van der Waals surface area contributed by atoms with Crippen LogP contribution in [0, 0.1) is 0 Å². The predicted molar refractivity (Wildman–Crippen MR) is 62.9 cm³/mol. The van der Waals surface area contributed by atoms with Crippen LogP contribution in [0.2, 0.25) is 0 Å². The molecule has 1 aliphatic rings. The van der Waals surface area contributed by atoms with E-state index in [4.69, 9.17) is 0 Å². The van der Waals surface area contributed by atoms with Crippen molar-refractivity contribution < 1.29 is 9.59 Å². The standard InChI is InChI=1S/C12H20N2O2/c1-10(2)12(16)13-7-9-14-8-5-3-4-6-11(14)15/h1,3-9H2,2H3,(H,13,16). The molecule has 0 unspecified atom stereocenters. The van der Waals surface area contributed by atoms with E-state index in [-0.39, 0.29) is 11.8 Å². The smallest absolute Gasteiger partial charge is 0.246 e. The molecule has 0 atom stereocenters. The second-order valence-electron chi connectivity index (χ2n) is 4.23. The van der Waals surface area contributed by atoms with Crippen LogP contribution in [0.1, 0.15) is 32.6 Å². The van der Waals surface area contributed by atoms with E-state index in [1.807, 2.05) is 4.90 Å². The van der Waals surface area contributed by atoms with E-state index in [2.05, 4.69) is 11.9 Å². The monoisotopic (exact) mass is 224 g/mol. The van der Waals surface area contributed by atoms with Crippen molar-refractivity contribution in [1.29, 1.82) is 0 Å². The van der Waals surface area contributed by atoms with Crippen molar-refractivity contribution in [1.82, 2.24) is 10.2 Å². The Morgan fingerprint density at radius 3 is 2.88 bits per heavy atom. The molecule has 0 aromatic heterocycles. The van der Waals surface area contributed by atoms with Gasteiger partial charge < -0.3 is 10.2 Å². The molecule has 0 aliphatic carbocycles. The fourth-order valence-corrected chi connectivity index (χ4v) is 1.73. The van der Waals surface area contributed by atoms with E-state index in [1.54, 1.807) is 6.92 Å². The number of amides is 2. The van der Waals surface area contributed by atoms with Gasteiger partial charge in [-0.3, -0.25) is 9.59 Å². The normalized spacial score (nSPS) is 16.8. The first kappa shape index (κ1) is 12.7. The molecule has 0 aromatic carbocycles. The molecule has 16 heavy (non-hydrogen) atoms. The highest BCUT2D eigenvalue weighted by Crippen LogP contribution is 2.10. The van der Waals surface area contributed by atoms with Crippen LogP contribution in [-0.2, 0) is 9.59 Å². The van der Waals surface area contributed by atoms with Gasteiger partial charge in [0.2, 0.25) is 11.8 Å². The molecule has 1 saturated heterocycles. The van der Waals surface area contributed by atoms with Crippen LogP contribution in [-0.4, -0.2) is 36.3 Å². The average Bonchev–Trinajstić information content (AvgIpc) is 2.44. The van der Waals surface area contributed by atoms with Crippen LogP contribution in [0.15, 0.2) is 12.2 Å². The molecule has 2 amide bonds. The maximum Gasteiger partial charge on any atom is 0.246 e. The topological polar surface area (TPSA) is 49.4 Å². The molecule has 0 saturated carbocycles. The highest BCUT2D eigenvalue weighted by atomic mass is 16.2. The second-order valence-corrected chi connectivity index (χ2v) is 4.23. The number of nitrogens with one attached hydrogen (secondary N) is 1. The predicted octanol–water partition coefficient (Wildman–Crippen LogP) is 1.08. The lowest BCUT2D eigenvalue weighted by Gasteiger charge is -2.20. The zero-order valence-corrected chi connectivity index (χ0v) is 9.92. The first-order valence-corrected chi connectivity index (χ1v) is 5.82. The molecule has 4 heteroatoms. The van der Waals surface area contributed by atoms with Gasteiger partial charge in [0, 0.05) is 31.6 Å².